The summed E-state index contributed by atoms with van der Waals surface area (Å²) in [5.74, 6) is -0.138. The minimum absolute atomic E-state index is 0.0406. The Bertz CT molecular complexity index is 970. The van der Waals surface area contributed by atoms with Crippen LogP contribution in [0.1, 0.15) is 31.5 Å². The summed E-state index contributed by atoms with van der Waals surface area (Å²) in [5.41, 5.74) is -0.380. The molecule has 1 aromatic carbocycles. The molecular formula is C15H16N6O4S. The van der Waals surface area contributed by atoms with E-state index in [1.54, 1.807) is 6.07 Å². The van der Waals surface area contributed by atoms with Crippen LogP contribution in [0.25, 0.3) is 5.69 Å². The number of benzene rings is 1. The summed E-state index contributed by atoms with van der Waals surface area (Å²) in [7, 11) is -3.81. The average molecular weight is 376 g/mol. The van der Waals surface area contributed by atoms with Crippen LogP contribution in [0.3, 0.4) is 0 Å². The summed E-state index contributed by atoms with van der Waals surface area (Å²) in [6.45, 7) is 0.818. The number of hydrogen-bond donors (Lipinski definition) is 0. The molecule has 11 heteroatoms. The fraction of sp³-hybridized carbons (Fsp3) is 0.400. The van der Waals surface area contributed by atoms with Crippen molar-refractivity contribution in [2.24, 2.45) is 0 Å². The second-order valence-corrected chi connectivity index (χ2v) is 7.79. The number of hydrogen-bond acceptors (Lipinski definition) is 7. The van der Waals surface area contributed by atoms with Gasteiger partial charge in [-0.1, -0.05) is 12.8 Å². The molecule has 0 radical (unpaired) electrons. The first-order chi connectivity index (χ1) is 12.4. The van der Waals surface area contributed by atoms with Gasteiger partial charge in [0.1, 0.15) is 18.1 Å². The summed E-state index contributed by atoms with van der Waals surface area (Å²) in [6.07, 6.45) is 4.66. The molecule has 2 heterocycles. The van der Waals surface area contributed by atoms with Crippen molar-refractivity contribution < 1.29 is 13.3 Å². The fourth-order valence-corrected chi connectivity index (χ4v) is 4.40. The first-order valence-electron chi connectivity index (χ1n) is 8.04. The molecule has 0 atom stereocenters. The largest absolute Gasteiger partial charge is 0.296 e. The second-order valence-electron chi connectivity index (χ2n) is 5.85. The third-order valence-electron chi connectivity index (χ3n) is 4.19. The van der Waals surface area contributed by atoms with E-state index in [2.05, 4.69) is 10.1 Å². The van der Waals surface area contributed by atoms with Gasteiger partial charge in [0.25, 0.3) is 11.5 Å². The first kappa shape index (κ1) is 18.0. The molecule has 10 nitrogen and oxygen atoms in total. The van der Waals surface area contributed by atoms with E-state index in [1.807, 2.05) is 0 Å². The van der Waals surface area contributed by atoms with E-state index in [4.69, 9.17) is 5.26 Å². The first-order valence-corrected chi connectivity index (χ1v) is 9.48. The highest BCUT2D eigenvalue weighted by Gasteiger charge is 2.28. The number of aromatic nitrogens is 3. The molecule has 26 heavy (non-hydrogen) atoms. The standard InChI is InChI=1S/C15H16N6O4S/c16-10-15-17-11-20(18-15)13-6-5-12(9-14(13)21(22)23)26(24,25)19-7-3-1-2-4-8-19/h5-6,9,11H,1-4,7-8H2. The molecule has 0 saturated carbocycles. The monoisotopic (exact) mass is 376 g/mol. The van der Waals surface area contributed by atoms with Gasteiger partial charge in [0.15, 0.2) is 0 Å². The van der Waals surface area contributed by atoms with Crippen molar-refractivity contribution in [3.8, 4) is 11.8 Å². The minimum atomic E-state index is -3.81. The lowest BCUT2D eigenvalue weighted by atomic mass is 10.2. The number of rotatable bonds is 4. The van der Waals surface area contributed by atoms with E-state index < -0.39 is 20.6 Å². The van der Waals surface area contributed by atoms with Gasteiger partial charge < -0.3 is 0 Å². The van der Waals surface area contributed by atoms with Gasteiger partial charge in [-0.2, -0.15) is 9.57 Å². The van der Waals surface area contributed by atoms with E-state index in [0.29, 0.717) is 13.1 Å². The van der Waals surface area contributed by atoms with Gasteiger partial charge in [0.2, 0.25) is 10.0 Å². The quantitative estimate of drug-likeness (QED) is 0.584. The number of sulfonamides is 1. The molecule has 1 fully saturated rings. The Morgan fingerprint density at radius 3 is 2.46 bits per heavy atom. The highest BCUT2D eigenvalue weighted by atomic mass is 32.2. The zero-order chi connectivity index (χ0) is 18.7. The van der Waals surface area contributed by atoms with Crippen LogP contribution in [0, 0.1) is 21.4 Å². The lowest BCUT2D eigenvalue weighted by molar-refractivity contribution is -0.384. The lowest BCUT2D eigenvalue weighted by Crippen LogP contribution is -2.32. The number of nitro groups is 1. The smallest absolute Gasteiger partial charge is 0.258 e. The van der Waals surface area contributed by atoms with Crippen molar-refractivity contribution in [3.05, 3.63) is 40.5 Å². The predicted octanol–water partition coefficient (Wildman–Crippen LogP) is 1.61. The van der Waals surface area contributed by atoms with Gasteiger partial charge >= 0.3 is 0 Å². The molecular weight excluding hydrogens is 360 g/mol. The minimum Gasteiger partial charge on any atom is -0.258 e. The second kappa shape index (κ2) is 7.19. The highest BCUT2D eigenvalue weighted by molar-refractivity contribution is 7.89. The molecule has 1 aliphatic heterocycles. The molecule has 2 aromatic rings. The Labute approximate surface area is 149 Å². The summed E-state index contributed by atoms with van der Waals surface area (Å²) in [4.78, 5) is 14.4. The van der Waals surface area contributed by atoms with E-state index >= 15 is 0 Å². The number of nitriles is 1. The van der Waals surface area contributed by atoms with Gasteiger partial charge in [0.05, 0.1) is 9.82 Å². The summed E-state index contributed by atoms with van der Waals surface area (Å²) < 4.78 is 28.1. The highest BCUT2D eigenvalue weighted by Crippen LogP contribution is 2.28. The molecule has 0 unspecified atom stereocenters. The third-order valence-corrected chi connectivity index (χ3v) is 6.08. The number of nitro benzene ring substituents is 1. The lowest BCUT2D eigenvalue weighted by Gasteiger charge is -2.20. The fourth-order valence-electron chi connectivity index (χ4n) is 2.87. The Morgan fingerprint density at radius 1 is 1.19 bits per heavy atom. The van der Waals surface area contributed by atoms with Crippen molar-refractivity contribution in [1.82, 2.24) is 19.1 Å². The molecule has 0 N–H and O–H groups in total. The molecule has 0 aliphatic carbocycles. The van der Waals surface area contributed by atoms with Crippen LogP contribution in [0.5, 0.6) is 0 Å². The van der Waals surface area contributed by atoms with Crippen LogP contribution < -0.4 is 0 Å². The molecule has 1 saturated heterocycles. The Balaban J connectivity index is 2.03. The molecule has 0 amide bonds. The van der Waals surface area contributed by atoms with Crippen molar-refractivity contribution in [1.29, 1.82) is 5.26 Å². The van der Waals surface area contributed by atoms with Crippen LogP contribution in [0.4, 0.5) is 5.69 Å². The third kappa shape index (κ3) is 3.42. The van der Waals surface area contributed by atoms with Crippen LogP contribution in [0.15, 0.2) is 29.4 Å². The molecule has 0 spiro atoms. The SMILES string of the molecule is N#Cc1ncn(-c2ccc(S(=O)(=O)N3CCCCCC3)cc2[N+](=O)[O-])n1. The average Bonchev–Trinajstić information content (AvgIpc) is 2.93. The van der Waals surface area contributed by atoms with Gasteiger partial charge in [-0.05, 0) is 25.0 Å². The summed E-state index contributed by atoms with van der Waals surface area (Å²) >= 11 is 0. The van der Waals surface area contributed by atoms with Gasteiger partial charge in [-0.25, -0.2) is 18.1 Å². The van der Waals surface area contributed by atoms with Gasteiger partial charge in [-0.15, -0.1) is 5.10 Å². The Kier molecular flexibility index (Phi) is 4.97. The molecule has 1 aromatic heterocycles. The molecule has 0 bridgehead atoms. The van der Waals surface area contributed by atoms with Crippen LogP contribution in [-0.2, 0) is 10.0 Å². The maximum absolute atomic E-state index is 12.8. The van der Waals surface area contributed by atoms with Crippen molar-refractivity contribution in [2.45, 2.75) is 30.6 Å². The van der Waals surface area contributed by atoms with Crippen molar-refractivity contribution in [2.75, 3.05) is 13.1 Å². The zero-order valence-corrected chi connectivity index (χ0v) is 14.6. The van der Waals surface area contributed by atoms with Crippen molar-refractivity contribution >= 4 is 15.7 Å². The molecule has 136 valence electrons. The van der Waals surface area contributed by atoms with E-state index in [9.17, 15) is 18.5 Å². The maximum atomic E-state index is 12.8. The van der Waals surface area contributed by atoms with Crippen LogP contribution in [0.2, 0.25) is 0 Å². The van der Waals surface area contributed by atoms with Crippen LogP contribution >= 0.6 is 0 Å². The topological polar surface area (TPSA) is 135 Å². The summed E-state index contributed by atoms with van der Waals surface area (Å²) in [5, 5.41) is 24.1. The Hall–Kier alpha value is -2.84. The maximum Gasteiger partial charge on any atom is 0.296 e. The normalized spacial score (nSPS) is 16.0. The van der Waals surface area contributed by atoms with Crippen molar-refractivity contribution in [3.63, 3.8) is 0 Å². The molecule has 1 aliphatic rings. The van der Waals surface area contributed by atoms with E-state index in [1.165, 1.54) is 22.8 Å². The summed E-state index contributed by atoms with van der Waals surface area (Å²) in [6, 6.07) is 5.39. The number of nitrogens with zero attached hydrogens (tertiary/aromatic N) is 6. The Morgan fingerprint density at radius 2 is 1.88 bits per heavy atom. The van der Waals surface area contributed by atoms with Gasteiger partial charge in [0, 0.05) is 19.2 Å². The predicted molar refractivity (Wildman–Crippen MR) is 90.0 cm³/mol. The molecule has 3 rings (SSSR count). The van der Waals surface area contributed by atoms with Gasteiger partial charge in [-0.3, -0.25) is 10.1 Å². The van der Waals surface area contributed by atoms with E-state index in [-0.39, 0.29) is 16.4 Å². The van der Waals surface area contributed by atoms with E-state index in [0.717, 1.165) is 36.4 Å². The zero-order valence-electron chi connectivity index (χ0n) is 13.8. The van der Waals surface area contributed by atoms with Crippen LogP contribution in [-0.4, -0.2) is 45.5 Å².